The largest absolute Gasteiger partial charge is 0.330 e. The highest BCUT2D eigenvalue weighted by Crippen LogP contribution is 2.31. The molecule has 5 heteroatoms. The molecule has 2 aromatic rings. The topological polar surface area (TPSA) is 41.4 Å². The summed E-state index contributed by atoms with van der Waals surface area (Å²) in [6.45, 7) is 1.65. The Morgan fingerprint density at radius 1 is 1.29 bits per heavy atom. The molecule has 0 bridgehead atoms. The molecule has 0 spiro atoms. The smallest absolute Gasteiger partial charge is 0.254 e. The van der Waals surface area contributed by atoms with Gasteiger partial charge in [0.1, 0.15) is 0 Å². The van der Waals surface area contributed by atoms with Crippen LogP contribution in [0.1, 0.15) is 46.9 Å². The van der Waals surface area contributed by atoms with Crippen molar-refractivity contribution in [2.24, 2.45) is 7.05 Å². The van der Waals surface area contributed by atoms with E-state index in [-0.39, 0.29) is 11.9 Å². The second-order valence-electron chi connectivity index (χ2n) is 6.83. The van der Waals surface area contributed by atoms with E-state index in [9.17, 15) is 4.79 Å². The lowest BCUT2D eigenvalue weighted by Crippen LogP contribution is -2.39. The van der Waals surface area contributed by atoms with Crippen molar-refractivity contribution in [3.63, 3.8) is 0 Å². The van der Waals surface area contributed by atoms with Gasteiger partial charge in [-0.15, -0.1) is 0 Å². The Kier molecular flexibility index (Phi) is 5.00. The SMILES string of the molecule is CN(C)Cc1cccc(C(=O)N2CCCCC2c2ccnn2C)c1. The molecular formula is C19H26N4O. The normalized spacial score (nSPS) is 18.2. The van der Waals surface area contributed by atoms with Crippen LogP contribution in [0.25, 0.3) is 0 Å². The van der Waals surface area contributed by atoms with Crippen LogP contribution in [0.3, 0.4) is 0 Å². The van der Waals surface area contributed by atoms with E-state index in [4.69, 9.17) is 0 Å². The Hall–Kier alpha value is -2.14. The second-order valence-corrected chi connectivity index (χ2v) is 6.83. The molecule has 1 unspecified atom stereocenters. The van der Waals surface area contributed by atoms with Crippen LogP contribution in [0.4, 0.5) is 0 Å². The van der Waals surface area contributed by atoms with Crippen molar-refractivity contribution in [3.05, 3.63) is 53.3 Å². The summed E-state index contributed by atoms with van der Waals surface area (Å²) in [5.74, 6) is 0.126. The zero-order valence-corrected chi connectivity index (χ0v) is 14.8. The van der Waals surface area contributed by atoms with E-state index in [1.54, 1.807) is 0 Å². The Morgan fingerprint density at radius 2 is 2.12 bits per heavy atom. The molecule has 128 valence electrons. The summed E-state index contributed by atoms with van der Waals surface area (Å²) < 4.78 is 1.89. The molecule has 1 amide bonds. The summed E-state index contributed by atoms with van der Waals surface area (Å²) in [7, 11) is 6.03. The summed E-state index contributed by atoms with van der Waals surface area (Å²) in [6, 6.07) is 10.2. The van der Waals surface area contributed by atoms with Crippen molar-refractivity contribution < 1.29 is 4.79 Å². The van der Waals surface area contributed by atoms with Crippen LogP contribution >= 0.6 is 0 Å². The van der Waals surface area contributed by atoms with Crippen LogP contribution in [-0.4, -0.2) is 46.1 Å². The van der Waals surface area contributed by atoms with Gasteiger partial charge < -0.3 is 9.80 Å². The number of carbonyl (C=O) groups is 1. The third-order valence-corrected chi connectivity index (χ3v) is 4.64. The van der Waals surface area contributed by atoms with Gasteiger partial charge in [-0.3, -0.25) is 9.48 Å². The van der Waals surface area contributed by atoms with E-state index in [1.807, 2.05) is 61.2 Å². The first kappa shape index (κ1) is 16.7. The Labute approximate surface area is 143 Å². The van der Waals surface area contributed by atoms with Gasteiger partial charge in [-0.2, -0.15) is 5.10 Å². The van der Waals surface area contributed by atoms with E-state index in [0.29, 0.717) is 0 Å². The van der Waals surface area contributed by atoms with Gasteiger partial charge in [-0.1, -0.05) is 12.1 Å². The first-order valence-electron chi connectivity index (χ1n) is 8.59. The van der Waals surface area contributed by atoms with Crippen LogP contribution in [0, 0.1) is 0 Å². The van der Waals surface area contributed by atoms with Gasteiger partial charge in [0.25, 0.3) is 5.91 Å². The Balaban J connectivity index is 1.86. The number of carbonyl (C=O) groups excluding carboxylic acids is 1. The highest BCUT2D eigenvalue weighted by atomic mass is 16.2. The van der Waals surface area contributed by atoms with Crippen molar-refractivity contribution in [1.82, 2.24) is 19.6 Å². The molecule has 1 aliphatic rings. The first-order chi connectivity index (χ1) is 11.6. The molecule has 0 radical (unpaired) electrons. The highest BCUT2D eigenvalue weighted by molar-refractivity contribution is 5.94. The Bertz CT molecular complexity index is 707. The van der Waals surface area contributed by atoms with Gasteiger partial charge >= 0.3 is 0 Å². The van der Waals surface area contributed by atoms with Crippen LogP contribution in [-0.2, 0) is 13.6 Å². The van der Waals surface area contributed by atoms with E-state index >= 15 is 0 Å². The Morgan fingerprint density at radius 3 is 2.83 bits per heavy atom. The van der Waals surface area contributed by atoms with E-state index in [1.165, 1.54) is 5.56 Å². The highest BCUT2D eigenvalue weighted by Gasteiger charge is 2.30. The lowest BCUT2D eigenvalue weighted by molar-refractivity contribution is 0.0601. The second kappa shape index (κ2) is 7.18. The van der Waals surface area contributed by atoms with E-state index < -0.39 is 0 Å². The monoisotopic (exact) mass is 326 g/mol. The number of piperidine rings is 1. The minimum Gasteiger partial charge on any atom is -0.330 e. The van der Waals surface area contributed by atoms with Crippen molar-refractivity contribution in [2.45, 2.75) is 31.8 Å². The number of amides is 1. The molecule has 2 heterocycles. The third-order valence-electron chi connectivity index (χ3n) is 4.64. The standard InChI is InChI=1S/C19H26N4O/c1-21(2)14-15-7-6-8-16(13-15)19(24)23-12-5-4-9-18(23)17-10-11-20-22(17)3/h6-8,10-11,13,18H,4-5,9,12,14H2,1-3H3. The van der Waals surface area contributed by atoms with Crippen molar-refractivity contribution in [1.29, 1.82) is 0 Å². The number of likely N-dealkylation sites (tertiary alicyclic amines) is 1. The number of aryl methyl sites for hydroxylation is 1. The van der Waals surface area contributed by atoms with E-state index in [2.05, 4.69) is 16.1 Å². The molecule has 1 atom stereocenters. The van der Waals surface area contributed by atoms with E-state index in [0.717, 1.165) is 43.6 Å². The first-order valence-corrected chi connectivity index (χ1v) is 8.59. The predicted octanol–water partition coefficient (Wildman–Crippen LogP) is 2.85. The van der Waals surface area contributed by atoms with Crippen molar-refractivity contribution >= 4 is 5.91 Å². The summed E-state index contributed by atoms with van der Waals surface area (Å²) in [6.07, 6.45) is 5.03. The van der Waals surface area contributed by atoms with Crippen LogP contribution in [0.15, 0.2) is 36.5 Å². The molecule has 0 saturated carbocycles. The molecule has 3 rings (SSSR count). The number of hydrogen-bond acceptors (Lipinski definition) is 3. The van der Waals surface area contributed by atoms with Gasteiger partial charge in [0, 0.05) is 31.9 Å². The maximum Gasteiger partial charge on any atom is 0.254 e. The summed E-state index contributed by atoms with van der Waals surface area (Å²) >= 11 is 0. The summed E-state index contributed by atoms with van der Waals surface area (Å²) in [4.78, 5) is 17.3. The summed E-state index contributed by atoms with van der Waals surface area (Å²) in [5, 5.41) is 4.28. The van der Waals surface area contributed by atoms with Crippen molar-refractivity contribution in [2.75, 3.05) is 20.6 Å². The fraction of sp³-hybridized carbons (Fsp3) is 0.474. The van der Waals surface area contributed by atoms with Crippen LogP contribution in [0.5, 0.6) is 0 Å². The molecular weight excluding hydrogens is 300 g/mol. The average Bonchev–Trinajstić information content (AvgIpc) is 3.00. The minimum atomic E-state index is 0.122. The number of nitrogens with zero attached hydrogens (tertiary/aromatic N) is 4. The molecule has 1 aliphatic heterocycles. The van der Waals surface area contributed by atoms with Crippen LogP contribution in [0.2, 0.25) is 0 Å². The molecule has 5 nitrogen and oxygen atoms in total. The number of aromatic nitrogens is 2. The average molecular weight is 326 g/mol. The van der Waals surface area contributed by atoms with Gasteiger partial charge in [0.05, 0.1) is 11.7 Å². The molecule has 1 aromatic carbocycles. The molecule has 1 fully saturated rings. The lowest BCUT2D eigenvalue weighted by atomic mass is 9.97. The fourth-order valence-electron chi connectivity index (χ4n) is 3.53. The lowest BCUT2D eigenvalue weighted by Gasteiger charge is -2.36. The molecule has 0 aliphatic carbocycles. The molecule has 1 saturated heterocycles. The summed E-state index contributed by atoms with van der Waals surface area (Å²) in [5.41, 5.74) is 3.07. The predicted molar refractivity (Wildman–Crippen MR) is 94.7 cm³/mol. The molecule has 0 N–H and O–H groups in total. The number of benzene rings is 1. The maximum atomic E-state index is 13.1. The molecule has 1 aromatic heterocycles. The zero-order valence-electron chi connectivity index (χ0n) is 14.8. The van der Waals surface area contributed by atoms with Gasteiger partial charge in [-0.05, 0) is 57.1 Å². The van der Waals surface area contributed by atoms with Gasteiger partial charge in [0.15, 0.2) is 0 Å². The number of rotatable bonds is 4. The zero-order chi connectivity index (χ0) is 17.1. The number of hydrogen-bond donors (Lipinski definition) is 0. The quantitative estimate of drug-likeness (QED) is 0.867. The fourth-order valence-corrected chi connectivity index (χ4v) is 3.53. The maximum absolute atomic E-state index is 13.1. The minimum absolute atomic E-state index is 0.122. The van der Waals surface area contributed by atoms with Crippen molar-refractivity contribution in [3.8, 4) is 0 Å². The van der Waals surface area contributed by atoms with Crippen LogP contribution < -0.4 is 0 Å². The van der Waals surface area contributed by atoms with Gasteiger partial charge in [-0.25, -0.2) is 0 Å². The van der Waals surface area contributed by atoms with Gasteiger partial charge in [0.2, 0.25) is 0 Å². The third kappa shape index (κ3) is 3.51. The molecule has 24 heavy (non-hydrogen) atoms.